The highest BCUT2D eigenvalue weighted by Crippen LogP contribution is 2.70. The molecule has 1 nitrogen and oxygen atoms in total. The molecule has 1 atom stereocenters. The van der Waals surface area contributed by atoms with Gasteiger partial charge in [0, 0.05) is 6.04 Å². The molecule has 0 amide bonds. The number of rotatable bonds is 7. The van der Waals surface area contributed by atoms with E-state index >= 15 is 0 Å². The van der Waals surface area contributed by atoms with E-state index in [1.165, 1.54) is 25.8 Å². The van der Waals surface area contributed by atoms with Crippen molar-refractivity contribution in [2.24, 2.45) is 22.7 Å². The van der Waals surface area contributed by atoms with Crippen LogP contribution in [0.3, 0.4) is 0 Å². The fourth-order valence-electron chi connectivity index (χ4n) is 3.81. The van der Waals surface area contributed by atoms with Crippen LogP contribution in [0.15, 0.2) is 0 Å². The van der Waals surface area contributed by atoms with Gasteiger partial charge in [0.1, 0.15) is 0 Å². The van der Waals surface area contributed by atoms with E-state index in [-0.39, 0.29) is 0 Å². The Hall–Kier alpha value is -0.0400. The van der Waals surface area contributed by atoms with Gasteiger partial charge in [0.15, 0.2) is 0 Å². The molecule has 1 unspecified atom stereocenters. The summed E-state index contributed by atoms with van der Waals surface area (Å²) in [4.78, 5) is 0. The summed E-state index contributed by atoms with van der Waals surface area (Å²) >= 11 is 0. The Balaban J connectivity index is 2.78. The topological polar surface area (TPSA) is 12.0 Å². The molecule has 0 aromatic carbocycles. The van der Waals surface area contributed by atoms with Crippen LogP contribution in [-0.2, 0) is 0 Å². The normalized spacial score (nSPS) is 24.0. The van der Waals surface area contributed by atoms with Crippen molar-refractivity contribution < 1.29 is 0 Å². The molecule has 102 valence electrons. The lowest BCUT2D eigenvalue weighted by molar-refractivity contribution is 0.271. The zero-order valence-corrected chi connectivity index (χ0v) is 13.1. The summed E-state index contributed by atoms with van der Waals surface area (Å²) in [6, 6.07) is 0.718. The van der Waals surface area contributed by atoms with Crippen LogP contribution in [0.4, 0.5) is 0 Å². The molecule has 0 aliphatic heterocycles. The van der Waals surface area contributed by atoms with Crippen LogP contribution in [0.2, 0.25) is 0 Å². The lowest BCUT2D eigenvalue weighted by Crippen LogP contribution is -2.40. The van der Waals surface area contributed by atoms with Crippen molar-refractivity contribution in [2.75, 3.05) is 6.54 Å². The first-order valence-corrected chi connectivity index (χ1v) is 7.57. The highest BCUT2D eigenvalue weighted by Gasteiger charge is 2.67. The van der Waals surface area contributed by atoms with Crippen molar-refractivity contribution in [3.05, 3.63) is 0 Å². The molecule has 0 bridgehead atoms. The zero-order chi connectivity index (χ0) is 13.3. The van der Waals surface area contributed by atoms with Crippen molar-refractivity contribution in [1.29, 1.82) is 0 Å². The number of nitrogens with one attached hydrogen (secondary N) is 1. The van der Waals surface area contributed by atoms with Gasteiger partial charge in [0.05, 0.1) is 0 Å². The Bertz CT molecular complexity index is 224. The Kier molecular flexibility index (Phi) is 4.68. The van der Waals surface area contributed by atoms with Crippen molar-refractivity contribution >= 4 is 0 Å². The number of hydrogen-bond acceptors (Lipinski definition) is 1. The molecule has 0 aromatic heterocycles. The first-order chi connectivity index (χ1) is 7.84. The fraction of sp³-hybridized carbons (Fsp3) is 1.00. The Labute approximate surface area is 109 Å². The van der Waals surface area contributed by atoms with Crippen LogP contribution in [-0.4, -0.2) is 12.6 Å². The fourth-order valence-corrected chi connectivity index (χ4v) is 3.81. The first kappa shape index (κ1) is 15.0. The molecule has 1 saturated carbocycles. The minimum absolute atomic E-state index is 0.501. The van der Waals surface area contributed by atoms with E-state index < -0.39 is 0 Å². The molecular weight excluding hydrogens is 206 g/mol. The highest BCUT2D eigenvalue weighted by atomic mass is 15.0. The monoisotopic (exact) mass is 239 g/mol. The minimum atomic E-state index is 0.501. The molecule has 1 fully saturated rings. The van der Waals surface area contributed by atoms with Crippen molar-refractivity contribution in [3.8, 4) is 0 Å². The maximum Gasteiger partial charge on any atom is 0.0134 e. The average molecular weight is 239 g/mol. The van der Waals surface area contributed by atoms with E-state index in [1.807, 2.05) is 0 Å². The quantitative estimate of drug-likeness (QED) is 0.691. The second-order valence-corrected chi connectivity index (χ2v) is 6.98. The van der Waals surface area contributed by atoms with Crippen LogP contribution >= 0.6 is 0 Å². The van der Waals surface area contributed by atoms with Gasteiger partial charge in [-0.3, -0.25) is 0 Å². The second-order valence-electron chi connectivity index (χ2n) is 6.98. The van der Waals surface area contributed by atoms with Crippen LogP contribution in [0.25, 0.3) is 0 Å². The third kappa shape index (κ3) is 2.54. The lowest BCUT2D eigenvalue weighted by atomic mass is 9.87. The summed E-state index contributed by atoms with van der Waals surface area (Å²) in [5, 5.41) is 3.84. The SMILES string of the molecule is CCCNC(C(CC)CC)C1C(C)(C)C1(C)C. The summed E-state index contributed by atoms with van der Waals surface area (Å²) in [5.41, 5.74) is 1.00. The van der Waals surface area contributed by atoms with E-state index in [0.717, 1.165) is 17.9 Å². The maximum absolute atomic E-state index is 3.84. The van der Waals surface area contributed by atoms with Gasteiger partial charge in [-0.15, -0.1) is 0 Å². The summed E-state index contributed by atoms with van der Waals surface area (Å²) in [5.74, 6) is 1.68. The van der Waals surface area contributed by atoms with E-state index in [0.29, 0.717) is 10.8 Å². The van der Waals surface area contributed by atoms with Crippen molar-refractivity contribution in [3.63, 3.8) is 0 Å². The van der Waals surface area contributed by atoms with Gasteiger partial charge in [0.2, 0.25) is 0 Å². The number of hydrogen-bond donors (Lipinski definition) is 1. The molecule has 1 heteroatoms. The molecule has 0 saturated heterocycles. The van der Waals surface area contributed by atoms with E-state index in [4.69, 9.17) is 0 Å². The van der Waals surface area contributed by atoms with E-state index in [9.17, 15) is 0 Å². The second kappa shape index (κ2) is 5.30. The van der Waals surface area contributed by atoms with Crippen LogP contribution in [0.1, 0.15) is 67.7 Å². The third-order valence-electron chi connectivity index (χ3n) is 5.68. The molecule has 1 aliphatic carbocycles. The van der Waals surface area contributed by atoms with E-state index in [2.05, 4.69) is 53.8 Å². The first-order valence-electron chi connectivity index (χ1n) is 7.57. The van der Waals surface area contributed by atoms with E-state index in [1.54, 1.807) is 0 Å². The maximum atomic E-state index is 3.84. The summed E-state index contributed by atoms with van der Waals surface area (Å²) in [6.07, 6.45) is 3.85. The molecular formula is C16H33N. The predicted molar refractivity (Wildman–Crippen MR) is 77.2 cm³/mol. The van der Waals surface area contributed by atoms with Crippen LogP contribution in [0.5, 0.6) is 0 Å². The standard InChI is InChI=1S/C16H33N/c1-8-11-17-13(12(9-2)10-3)14-15(4,5)16(14,6)7/h12-14,17H,8-11H2,1-7H3. The molecule has 17 heavy (non-hydrogen) atoms. The largest absolute Gasteiger partial charge is 0.313 e. The summed E-state index contributed by atoms with van der Waals surface area (Å²) < 4.78 is 0. The smallest absolute Gasteiger partial charge is 0.0134 e. The molecule has 0 heterocycles. The Morgan fingerprint density at radius 3 is 1.71 bits per heavy atom. The Morgan fingerprint density at radius 2 is 1.41 bits per heavy atom. The molecule has 1 aliphatic rings. The summed E-state index contributed by atoms with van der Waals surface area (Å²) in [7, 11) is 0. The van der Waals surface area contributed by atoms with Gasteiger partial charge in [-0.1, -0.05) is 61.3 Å². The van der Waals surface area contributed by atoms with Crippen LogP contribution < -0.4 is 5.32 Å². The lowest BCUT2D eigenvalue weighted by Gasteiger charge is -2.28. The van der Waals surface area contributed by atoms with Crippen molar-refractivity contribution in [1.82, 2.24) is 5.32 Å². The van der Waals surface area contributed by atoms with Crippen LogP contribution in [0, 0.1) is 22.7 Å². The van der Waals surface area contributed by atoms with Gasteiger partial charge >= 0.3 is 0 Å². The van der Waals surface area contributed by atoms with Gasteiger partial charge in [-0.05, 0) is 35.6 Å². The van der Waals surface area contributed by atoms with Crippen molar-refractivity contribution in [2.45, 2.75) is 73.8 Å². The summed E-state index contributed by atoms with van der Waals surface area (Å²) in [6.45, 7) is 17.9. The highest BCUT2D eigenvalue weighted by molar-refractivity contribution is 5.17. The van der Waals surface area contributed by atoms with Gasteiger partial charge < -0.3 is 5.32 Å². The molecule has 1 rings (SSSR count). The predicted octanol–water partition coefficient (Wildman–Crippen LogP) is 4.47. The molecule has 1 N–H and O–H groups in total. The van der Waals surface area contributed by atoms with Gasteiger partial charge in [-0.25, -0.2) is 0 Å². The van der Waals surface area contributed by atoms with Gasteiger partial charge in [0.25, 0.3) is 0 Å². The molecule has 0 aromatic rings. The minimum Gasteiger partial charge on any atom is -0.313 e. The van der Waals surface area contributed by atoms with Gasteiger partial charge in [-0.2, -0.15) is 0 Å². The molecule has 0 radical (unpaired) electrons. The molecule has 0 spiro atoms. The third-order valence-corrected chi connectivity index (χ3v) is 5.68. The zero-order valence-electron chi connectivity index (χ0n) is 13.1. The average Bonchev–Trinajstić information content (AvgIpc) is 2.65. The Morgan fingerprint density at radius 1 is 0.941 bits per heavy atom.